The van der Waals surface area contributed by atoms with E-state index in [-0.39, 0.29) is 29.5 Å². The van der Waals surface area contributed by atoms with E-state index in [4.69, 9.17) is 4.42 Å². The molecule has 23 heavy (non-hydrogen) atoms. The predicted molar refractivity (Wildman–Crippen MR) is 75.7 cm³/mol. The van der Waals surface area contributed by atoms with E-state index in [0.717, 1.165) is 12.1 Å². The number of aliphatic hydroxyl groups is 1. The van der Waals surface area contributed by atoms with Gasteiger partial charge in [-0.25, -0.2) is 0 Å². The van der Waals surface area contributed by atoms with Gasteiger partial charge < -0.3 is 14.4 Å². The van der Waals surface area contributed by atoms with Crippen LogP contribution in [0.15, 0.2) is 40.8 Å². The minimum Gasteiger partial charge on any atom is -0.451 e. The normalized spacial score (nSPS) is 18.4. The zero-order valence-electron chi connectivity index (χ0n) is 12.0. The lowest BCUT2D eigenvalue weighted by atomic mass is 10.1. The Kier molecular flexibility index (Phi) is 3.89. The summed E-state index contributed by atoms with van der Waals surface area (Å²) in [6.07, 6.45) is -4.48. The van der Waals surface area contributed by atoms with Crippen LogP contribution in [0.5, 0.6) is 0 Å². The highest BCUT2D eigenvalue weighted by molar-refractivity contribution is 5.92. The number of nitrogens with zero attached hydrogens (tertiary/aromatic N) is 1. The third kappa shape index (κ3) is 3.24. The van der Waals surface area contributed by atoms with Crippen LogP contribution >= 0.6 is 0 Å². The van der Waals surface area contributed by atoms with Crippen molar-refractivity contribution in [3.63, 3.8) is 0 Å². The van der Waals surface area contributed by atoms with Gasteiger partial charge >= 0.3 is 6.18 Å². The van der Waals surface area contributed by atoms with Gasteiger partial charge in [0.25, 0.3) is 5.91 Å². The molecular weight excluding hydrogens is 311 g/mol. The summed E-state index contributed by atoms with van der Waals surface area (Å²) < 4.78 is 43.6. The lowest BCUT2D eigenvalue weighted by Gasteiger charge is -2.13. The maximum Gasteiger partial charge on any atom is 0.416 e. The first-order valence-electron chi connectivity index (χ1n) is 7.09. The van der Waals surface area contributed by atoms with Crippen LogP contribution in [0.4, 0.5) is 13.2 Å². The molecule has 0 unspecified atom stereocenters. The molecule has 1 aromatic carbocycles. The van der Waals surface area contributed by atoms with Gasteiger partial charge in [0.05, 0.1) is 11.7 Å². The lowest BCUT2D eigenvalue weighted by Crippen LogP contribution is -2.29. The zero-order valence-corrected chi connectivity index (χ0v) is 12.0. The fourth-order valence-electron chi connectivity index (χ4n) is 2.54. The first-order valence-corrected chi connectivity index (χ1v) is 7.09. The fourth-order valence-corrected chi connectivity index (χ4v) is 2.54. The molecule has 7 heteroatoms. The van der Waals surface area contributed by atoms with Gasteiger partial charge in [0, 0.05) is 18.7 Å². The third-order valence-corrected chi connectivity index (χ3v) is 3.74. The lowest BCUT2D eigenvalue weighted by molar-refractivity contribution is -0.137. The van der Waals surface area contributed by atoms with Gasteiger partial charge in [0.15, 0.2) is 5.76 Å². The average Bonchev–Trinajstić information content (AvgIpc) is 3.15. The molecule has 0 radical (unpaired) electrons. The molecule has 4 nitrogen and oxygen atoms in total. The molecule has 1 N–H and O–H groups in total. The Labute approximate surface area is 130 Å². The summed E-state index contributed by atoms with van der Waals surface area (Å²) in [5.74, 6) is -0.134. The summed E-state index contributed by atoms with van der Waals surface area (Å²) >= 11 is 0. The van der Waals surface area contributed by atoms with E-state index in [2.05, 4.69) is 0 Å². The van der Waals surface area contributed by atoms with Crippen molar-refractivity contribution in [1.82, 2.24) is 4.90 Å². The molecule has 1 aliphatic rings. The van der Waals surface area contributed by atoms with Crippen molar-refractivity contribution < 1.29 is 27.5 Å². The van der Waals surface area contributed by atoms with Gasteiger partial charge in [-0.15, -0.1) is 0 Å². The average molecular weight is 325 g/mol. The molecule has 0 aliphatic carbocycles. The number of carbonyl (C=O) groups excluding carboxylic acids is 1. The largest absolute Gasteiger partial charge is 0.451 e. The number of hydrogen-bond donors (Lipinski definition) is 1. The molecule has 0 bridgehead atoms. The number of rotatable bonds is 2. The molecule has 1 amide bonds. The summed E-state index contributed by atoms with van der Waals surface area (Å²) in [5, 5.41) is 9.45. The number of likely N-dealkylation sites (tertiary alicyclic amines) is 1. The van der Waals surface area contributed by atoms with E-state index in [9.17, 15) is 23.1 Å². The highest BCUT2D eigenvalue weighted by Gasteiger charge is 2.31. The van der Waals surface area contributed by atoms with Crippen LogP contribution in [-0.4, -0.2) is 35.1 Å². The van der Waals surface area contributed by atoms with Crippen molar-refractivity contribution in [2.75, 3.05) is 13.1 Å². The number of amides is 1. The summed E-state index contributed by atoms with van der Waals surface area (Å²) in [6.45, 7) is 0.665. The minimum atomic E-state index is -4.44. The predicted octanol–water partition coefficient (Wildman–Crippen LogP) is 3.17. The van der Waals surface area contributed by atoms with Crippen molar-refractivity contribution in [1.29, 1.82) is 0 Å². The number of alkyl halides is 3. The number of carbonyl (C=O) groups is 1. The Bertz CT molecular complexity index is 723. The quantitative estimate of drug-likeness (QED) is 0.923. The van der Waals surface area contributed by atoms with Gasteiger partial charge in [-0.1, -0.05) is 12.1 Å². The molecule has 3 rings (SSSR count). The second-order valence-electron chi connectivity index (χ2n) is 5.44. The fraction of sp³-hybridized carbons (Fsp3) is 0.312. The summed E-state index contributed by atoms with van der Waals surface area (Å²) in [7, 11) is 0. The van der Waals surface area contributed by atoms with E-state index < -0.39 is 17.8 Å². The topological polar surface area (TPSA) is 53.7 Å². The highest BCUT2D eigenvalue weighted by Crippen LogP contribution is 2.32. The first-order chi connectivity index (χ1) is 10.8. The summed E-state index contributed by atoms with van der Waals surface area (Å²) in [6, 6.07) is 7.63. The summed E-state index contributed by atoms with van der Waals surface area (Å²) in [5.41, 5.74) is -0.526. The van der Waals surface area contributed by atoms with Gasteiger partial charge in [-0.3, -0.25) is 4.79 Å². The van der Waals surface area contributed by atoms with Crippen LogP contribution in [0.25, 0.3) is 11.3 Å². The van der Waals surface area contributed by atoms with Crippen LogP contribution in [-0.2, 0) is 6.18 Å². The van der Waals surface area contributed by atoms with E-state index in [1.807, 2.05) is 0 Å². The molecule has 0 spiro atoms. The molecule has 2 aromatic rings. The number of hydrogen-bond acceptors (Lipinski definition) is 3. The molecule has 1 aliphatic heterocycles. The Morgan fingerprint density at radius 1 is 1.26 bits per heavy atom. The third-order valence-electron chi connectivity index (χ3n) is 3.74. The van der Waals surface area contributed by atoms with E-state index >= 15 is 0 Å². The van der Waals surface area contributed by atoms with Gasteiger partial charge in [0.2, 0.25) is 0 Å². The Morgan fingerprint density at radius 2 is 2.04 bits per heavy atom. The molecule has 1 saturated heterocycles. The van der Waals surface area contributed by atoms with E-state index in [1.54, 1.807) is 0 Å². The van der Waals surface area contributed by atoms with Crippen LogP contribution in [0, 0.1) is 0 Å². The zero-order chi connectivity index (χ0) is 16.6. The molecule has 0 saturated carbocycles. The van der Waals surface area contributed by atoms with Gasteiger partial charge in [-0.05, 0) is 30.7 Å². The van der Waals surface area contributed by atoms with Crippen molar-refractivity contribution >= 4 is 5.91 Å². The number of furan rings is 1. The van der Waals surface area contributed by atoms with Crippen molar-refractivity contribution in [2.24, 2.45) is 0 Å². The van der Waals surface area contributed by atoms with Crippen molar-refractivity contribution in [2.45, 2.75) is 18.7 Å². The first kappa shape index (κ1) is 15.6. The number of benzene rings is 1. The van der Waals surface area contributed by atoms with Gasteiger partial charge in [-0.2, -0.15) is 13.2 Å². The standard InChI is InChI=1S/C16H14F3NO3/c17-16(18,19)11-3-1-2-10(8-11)13-4-5-14(23-13)15(22)20-7-6-12(21)9-20/h1-5,8,12,21H,6-7,9H2/t12-/m1/s1. The minimum absolute atomic E-state index is 0.0477. The Morgan fingerprint density at radius 3 is 2.70 bits per heavy atom. The second kappa shape index (κ2) is 5.73. The highest BCUT2D eigenvalue weighted by atomic mass is 19.4. The van der Waals surface area contributed by atoms with Gasteiger partial charge in [0.1, 0.15) is 5.76 Å². The Hall–Kier alpha value is -2.28. The molecule has 2 heterocycles. The summed E-state index contributed by atoms with van der Waals surface area (Å²) in [4.78, 5) is 13.7. The van der Waals surface area contributed by atoms with E-state index in [1.165, 1.54) is 29.2 Å². The molecule has 1 aromatic heterocycles. The van der Waals surface area contributed by atoms with E-state index in [0.29, 0.717) is 13.0 Å². The Balaban J connectivity index is 1.83. The molecule has 1 fully saturated rings. The maximum absolute atomic E-state index is 12.7. The second-order valence-corrected chi connectivity index (χ2v) is 5.44. The number of halogens is 3. The van der Waals surface area contributed by atoms with Crippen LogP contribution in [0.3, 0.4) is 0 Å². The van der Waals surface area contributed by atoms with Crippen molar-refractivity contribution in [3.8, 4) is 11.3 Å². The number of β-amino-alcohol motifs (C(OH)–C–C–N with tert-alkyl or cyclic N) is 1. The smallest absolute Gasteiger partial charge is 0.416 e. The molecule has 122 valence electrons. The molecule has 1 atom stereocenters. The van der Waals surface area contributed by atoms with Crippen LogP contribution < -0.4 is 0 Å². The SMILES string of the molecule is O=C(c1ccc(-c2cccc(C(F)(F)F)c2)o1)N1CC[C@@H](O)C1. The van der Waals surface area contributed by atoms with Crippen LogP contribution in [0.1, 0.15) is 22.5 Å². The maximum atomic E-state index is 12.7. The van der Waals surface area contributed by atoms with Crippen LogP contribution in [0.2, 0.25) is 0 Å². The number of aliphatic hydroxyl groups excluding tert-OH is 1. The molecular formula is C16H14F3NO3. The monoisotopic (exact) mass is 325 g/mol. The van der Waals surface area contributed by atoms with Crippen molar-refractivity contribution in [3.05, 3.63) is 47.7 Å².